The second-order valence-corrected chi connectivity index (χ2v) is 17.6. The number of fused-ring (bicyclic) bond motifs is 3. The number of nitrogens with zero attached hydrogens (tertiary/aromatic N) is 2. The first-order valence-electron chi connectivity index (χ1n) is 15.8. The molecule has 0 spiro atoms. The van der Waals surface area contributed by atoms with Gasteiger partial charge in [0.15, 0.2) is 0 Å². The van der Waals surface area contributed by atoms with Crippen LogP contribution in [0, 0.1) is 12.1 Å². The Labute approximate surface area is 296 Å². The van der Waals surface area contributed by atoms with Gasteiger partial charge in [0.25, 0.3) is 0 Å². The summed E-state index contributed by atoms with van der Waals surface area (Å²) in [6.07, 6.45) is 3.82. The third kappa shape index (κ3) is 7.14. The van der Waals surface area contributed by atoms with Crippen molar-refractivity contribution in [2.24, 2.45) is 0 Å². The summed E-state index contributed by atoms with van der Waals surface area (Å²) in [5, 5.41) is 3.59. The van der Waals surface area contributed by atoms with E-state index in [0.29, 0.717) is 0 Å². The van der Waals surface area contributed by atoms with Gasteiger partial charge < -0.3 is 14.4 Å². The summed E-state index contributed by atoms with van der Waals surface area (Å²) in [4.78, 5) is 9.10. The van der Waals surface area contributed by atoms with Crippen LogP contribution in [0.3, 0.4) is 0 Å². The number of rotatable bonds is 5. The molecule has 237 valence electrons. The van der Waals surface area contributed by atoms with E-state index in [1.165, 1.54) is 21.9 Å². The Morgan fingerprint density at radius 2 is 1.25 bits per heavy atom. The smallest absolute Gasteiger partial charge is 0.121 e. The summed E-state index contributed by atoms with van der Waals surface area (Å²) in [7, 11) is -1.29. The zero-order valence-electron chi connectivity index (χ0n) is 27.1. The fourth-order valence-electron chi connectivity index (χ4n) is 5.67. The molecule has 5 aromatic carbocycles. The number of hydrogen-bond donors (Lipinski definition) is 0. The van der Waals surface area contributed by atoms with Gasteiger partial charge in [-0.1, -0.05) is 128 Å². The molecule has 48 heavy (non-hydrogen) atoms. The minimum Gasteiger partial charge on any atom is -0.501 e. The van der Waals surface area contributed by atoms with Gasteiger partial charge in [-0.3, -0.25) is 0 Å². The molecule has 0 aliphatic heterocycles. The van der Waals surface area contributed by atoms with E-state index in [-0.39, 0.29) is 20.1 Å². The van der Waals surface area contributed by atoms with E-state index in [4.69, 9.17) is 4.42 Å². The fourth-order valence-corrected chi connectivity index (χ4v) is 6.71. The van der Waals surface area contributed by atoms with Gasteiger partial charge in [0.1, 0.15) is 5.58 Å². The molecule has 0 saturated heterocycles. The first-order chi connectivity index (χ1) is 22.9. The average Bonchev–Trinajstić information content (AvgIpc) is 3.51. The first kappa shape index (κ1) is 33.0. The standard InChI is InChI=1S/C23H14NO.C20H20NSi.Ir/c1-2-7-16(8-3-1)17-12-13-18-19-9-6-10-20(21-11-4-5-14-24-21)23(19)25-22(18)15-17;1-22(2,3)19-12-13-20(21-15-19)18-11-7-10-17(14-18)16-8-5-4-6-9-16;/h1-9,11-15H;4-10,12-15H,1-3H3;/q2*-1;. The van der Waals surface area contributed by atoms with Crippen molar-refractivity contribution < 1.29 is 24.5 Å². The molecule has 0 fully saturated rings. The van der Waals surface area contributed by atoms with E-state index in [1.807, 2.05) is 60.8 Å². The average molecular weight is 815 g/mol. The zero-order chi connectivity index (χ0) is 32.2. The van der Waals surface area contributed by atoms with E-state index in [9.17, 15) is 0 Å². The first-order valence-corrected chi connectivity index (χ1v) is 19.3. The van der Waals surface area contributed by atoms with Gasteiger partial charge in [0, 0.05) is 37.9 Å². The third-order valence-corrected chi connectivity index (χ3v) is 10.3. The Balaban J connectivity index is 0.000000165. The molecular weight excluding hydrogens is 781 g/mol. The molecule has 3 nitrogen and oxygen atoms in total. The van der Waals surface area contributed by atoms with Crippen LogP contribution in [0.15, 0.2) is 156 Å². The largest absolute Gasteiger partial charge is 0.501 e. The number of furan rings is 1. The van der Waals surface area contributed by atoms with Gasteiger partial charge in [0.05, 0.1) is 13.7 Å². The maximum Gasteiger partial charge on any atom is 0.121 e. The van der Waals surface area contributed by atoms with Crippen molar-refractivity contribution in [3.63, 3.8) is 0 Å². The fraction of sp³-hybridized carbons (Fsp3) is 0.0698. The summed E-state index contributed by atoms with van der Waals surface area (Å²) in [6.45, 7) is 7.02. The van der Waals surface area contributed by atoms with Crippen LogP contribution in [0.5, 0.6) is 0 Å². The van der Waals surface area contributed by atoms with Gasteiger partial charge in [0.2, 0.25) is 0 Å². The Hall–Kier alpha value is -4.93. The summed E-state index contributed by atoms with van der Waals surface area (Å²) in [5.41, 5.74) is 10.3. The summed E-state index contributed by atoms with van der Waals surface area (Å²) in [6, 6.07) is 54.1. The molecule has 0 unspecified atom stereocenters. The molecule has 0 N–H and O–H groups in total. The molecular formula is C43H34IrN2OSi-2. The van der Waals surface area contributed by atoms with Gasteiger partial charge in [-0.05, 0) is 45.4 Å². The number of benzene rings is 5. The van der Waals surface area contributed by atoms with Crippen molar-refractivity contribution in [2.75, 3.05) is 0 Å². The monoisotopic (exact) mass is 815 g/mol. The molecule has 0 aliphatic carbocycles. The summed E-state index contributed by atoms with van der Waals surface area (Å²) in [5.74, 6) is 0. The van der Waals surface area contributed by atoms with E-state index >= 15 is 0 Å². The molecule has 0 bridgehead atoms. The van der Waals surface area contributed by atoms with Gasteiger partial charge in [-0.25, -0.2) is 0 Å². The van der Waals surface area contributed by atoms with E-state index < -0.39 is 8.07 Å². The van der Waals surface area contributed by atoms with Gasteiger partial charge in [-0.15, -0.1) is 53.6 Å². The molecule has 8 rings (SSSR count). The Morgan fingerprint density at radius 3 is 1.90 bits per heavy atom. The van der Waals surface area contributed by atoms with Crippen LogP contribution in [0.1, 0.15) is 0 Å². The molecule has 8 aromatic rings. The second-order valence-electron chi connectivity index (χ2n) is 12.5. The molecule has 1 radical (unpaired) electrons. The van der Waals surface area contributed by atoms with Gasteiger partial charge >= 0.3 is 0 Å². The van der Waals surface area contributed by atoms with E-state index in [2.05, 4.69) is 127 Å². The maximum absolute atomic E-state index is 6.23. The van der Waals surface area contributed by atoms with Crippen LogP contribution in [-0.4, -0.2) is 18.0 Å². The van der Waals surface area contributed by atoms with Gasteiger partial charge in [-0.2, -0.15) is 0 Å². The Kier molecular flexibility index (Phi) is 9.93. The number of pyridine rings is 2. The number of aromatic nitrogens is 2. The van der Waals surface area contributed by atoms with Crippen LogP contribution in [0.25, 0.3) is 66.7 Å². The third-order valence-electron chi connectivity index (χ3n) is 8.28. The minimum atomic E-state index is -1.29. The predicted molar refractivity (Wildman–Crippen MR) is 198 cm³/mol. The SMILES string of the molecule is C[Si](C)(C)c1ccc(-c2[c-]ccc(-c3ccccc3)c2)nc1.[Ir].[c-]1ccc2c(oc3cc(-c4ccccc4)ccc32)c1-c1ccccn1. The molecule has 3 aromatic heterocycles. The van der Waals surface area contributed by atoms with Crippen LogP contribution < -0.4 is 5.19 Å². The Morgan fingerprint density at radius 1 is 0.562 bits per heavy atom. The van der Waals surface area contributed by atoms with Crippen molar-refractivity contribution in [3.05, 3.63) is 164 Å². The van der Waals surface area contributed by atoms with Crippen LogP contribution >= 0.6 is 0 Å². The molecule has 0 atom stereocenters. The molecule has 3 heterocycles. The topological polar surface area (TPSA) is 38.9 Å². The molecule has 0 amide bonds. The van der Waals surface area contributed by atoms with Crippen LogP contribution in [0.2, 0.25) is 19.6 Å². The van der Waals surface area contributed by atoms with Crippen LogP contribution in [0.4, 0.5) is 0 Å². The predicted octanol–water partition coefficient (Wildman–Crippen LogP) is 10.9. The van der Waals surface area contributed by atoms with Crippen molar-refractivity contribution in [1.29, 1.82) is 0 Å². The summed E-state index contributed by atoms with van der Waals surface area (Å²) >= 11 is 0. The van der Waals surface area contributed by atoms with Crippen molar-refractivity contribution in [1.82, 2.24) is 9.97 Å². The van der Waals surface area contributed by atoms with Crippen molar-refractivity contribution in [2.45, 2.75) is 19.6 Å². The molecule has 5 heteroatoms. The normalized spacial score (nSPS) is 11.1. The second kappa shape index (κ2) is 14.5. The zero-order valence-corrected chi connectivity index (χ0v) is 30.5. The molecule has 0 saturated carbocycles. The Bertz CT molecular complexity index is 2260. The van der Waals surface area contributed by atoms with Crippen molar-refractivity contribution in [3.8, 4) is 44.8 Å². The summed E-state index contributed by atoms with van der Waals surface area (Å²) < 4.78 is 6.23. The molecule has 0 aliphatic rings. The number of hydrogen-bond acceptors (Lipinski definition) is 3. The van der Waals surface area contributed by atoms with E-state index in [0.717, 1.165) is 50.0 Å². The van der Waals surface area contributed by atoms with E-state index in [1.54, 1.807) is 6.20 Å². The van der Waals surface area contributed by atoms with Crippen LogP contribution in [-0.2, 0) is 20.1 Å². The van der Waals surface area contributed by atoms with Crippen molar-refractivity contribution >= 4 is 35.2 Å². The quantitative estimate of drug-likeness (QED) is 0.128. The minimum absolute atomic E-state index is 0. The maximum atomic E-state index is 6.23.